The van der Waals surface area contributed by atoms with E-state index >= 15 is 0 Å². The van der Waals surface area contributed by atoms with E-state index in [1.807, 2.05) is 0 Å². The van der Waals surface area contributed by atoms with Crippen LogP contribution in [0.1, 0.15) is 13.8 Å². The van der Waals surface area contributed by atoms with Gasteiger partial charge in [-0.25, -0.2) is 0 Å². The Morgan fingerprint density at radius 3 is 2.58 bits per heavy atom. The maximum absolute atomic E-state index is 10.9. The van der Waals surface area contributed by atoms with Crippen LogP contribution in [0.4, 0.5) is 0 Å². The van der Waals surface area contributed by atoms with Crippen molar-refractivity contribution in [2.75, 3.05) is 6.54 Å². The molecule has 0 bridgehead atoms. The largest absolute Gasteiger partial charge is 0.391 e. The van der Waals surface area contributed by atoms with Crippen molar-refractivity contribution in [3.63, 3.8) is 0 Å². The summed E-state index contributed by atoms with van der Waals surface area (Å²) in [7, 11) is 0. The predicted octanol–water partition coefficient (Wildman–Crippen LogP) is -1.38. The molecule has 0 aromatic heterocycles. The van der Waals surface area contributed by atoms with Gasteiger partial charge in [-0.2, -0.15) is 0 Å². The topological polar surface area (TPSA) is 78.4 Å². The third-order valence-corrected chi connectivity index (χ3v) is 1.46. The molecule has 0 aromatic carbocycles. The molecule has 3 N–H and O–H groups in total. The van der Waals surface area contributed by atoms with Gasteiger partial charge in [-0.15, -0.1) is 0 Å². The number of carbonyl (C=O) groups excluding carboxylic acids is 2. The summed E-state index contributed by atoms with van der Waals surface area (Å²) in [4.78, 5) is 20.7. The molecular formula is C7H14N2O3. The minimum atomic E-state index is -0.592. The van der Waals surface area contributed by atoms with Crippen LogP contribution in [-0.4, -0.2) is 36.1 Å². The Balaban J connectivity index is 3.61. The first-order chi connectivity index (χ1) is 5.57. The zero-order valence-electron chi connectivity index (χ0n) is 7.20. The van der Waals surface area contributed by atoms with Gasteiger partial charge in [-0.1, -0.05) is 0 Å². The van der Waals surface area contributed by atoms with Gasteiger partial charge in [0.2, 0.25) is 12.3 Å². The smallest absolute Gasteiger partial charge is 0.239 e. The maximum atomic E-state index is 10.9. The molecular weight excluding hydrogens is 160 g/mol. The molecule has 70 valence electrons. The summed E-state index contributed by atoms with van der Waals surface area (Å²) in [5, 5.41) is 13.7. The number of rotatable bonds is 5. The highest BCUT2D eigenvalue weighted by Gasteiger charge is 2.10. The summed E-state index contributed by atoms with van der Waals surface area (Å²) in [6, 6.07) is -0.300. The molecule has 2 amide bonds. The van der Waals surface area contributed by atoms with E-state index in [0.29, 0.717) is 6.41 Å². The second kappa shape index (κ2) is 5.54. The third-order valence-electron chi connectivity index (χ3n) is 1.46. The second-order valence-corrected chi connectivity index (χ2v) is 2.60. The number of amides is 2. The molecule has 0 aliphatic carbocycles. The molecule has 0 aliphatic rings. The zero-order chi connectivity index (χ0) is 9.56. The van der Waals surface area contributed by atoms with Gasteiger partial charge in [0.15, 0.2) is 0 Å². The molecule has 0 rings (SSSR count). The molecule has 0 radical (unpaired) electrons. The van der Waals surface area contributed by atoms with E-state index in [4.69, 9.17) is 5.11 Å². The number of aliphatic hydroxyl groups excluding tert-OH is 1. The predicted molar refractivity (Wildman–Crippen MR) is 43.4 cm³/mol. The Labute approximate surface area is 71.1 Å². The number of carbonyl (C=O) groups is 2. The molecule has 0 saturated heterocycles. The van der Waals surface area contributed by atoms with Crippen LogP contribution in [0.5, 0.6) is 0 Å². The van der Waals surface area contributed by atoms with E-state index in [1.165, 1.54) is 0 Å². The Morgan fingerprint density at radius 2 is 2.17 bits per heavy atom. The van der Waals surface area contributed by atoms with Crippen LogP contribution in [-0.2, 0) is 9.59 Å². The Morgan fingerprint density at radius 1 is 1.58 bits per heavy atom. The standard InChI is InChI=1S/C7H14N2O3/c1-5(6(2)11)9-7(12)3-8-4-10/h4-6,11H,3H2,1-2H3,(H,8,10)(H,9,12). The molecule has 5 heteroatoms. The van der Waals surface area contributed by atoms with E-state index in [2.05, 4.69) is 10.6 Å². The van der Waals surface area contributed by atoms with Crippen molar-refractivity contribution in [3.05, 3.63) is 0 Å². The van der Waals surface area contributed by atoms with Crippen LogP contribution < -0.4 is 10.6 Å². The van der Waals surface area contributed by atoms with E-state index in [9.17, 15) is 9.59 Å². The lowest BCUT2D eigenvalue weighted by Crippen LogP contribution is -2.43. The molecule has 0 heterocycles. The number of hydrogen-bond donors (Lipinski definition) is 3. The molecule has 12 heavy (non-hydrogen) atoms. The SMILES string of the molecule is CC(O)C(C)NC(=O)CNC=O. The van der Waals surface area contributed by atoms with Crippen LogP contribution in [0.2, 0.25) is 0 Å². The summed E-state index contributed by atoms with van der Waals surface area (Å²) in [5.74, 6) is -0.310. The van der Waals surface area contributed by atoms with Gasteiger partial charge in [0.05, 0.1) is 18.7 Å². The zero-order valence-corrected chi connectivity index (χ0v) is 7.20. The van der Waals surface area contributed by atoms with Crippen LogP contribution in [0, 0.1) is 0 Å². The molecule has 0 spiro atoms. The summed E-state index contributed by atoms with van der Waals surface area (Å²) >= 11 is 0. The minimum Gasteiger partial charge on any atom is -0.391 e. The molecule has 0 aliphatic heterocycles. The van der Waals surface area contributed by atoms with E-state index in [0.717, 1.165) is 0 Å². The van der Waals surface area contributed by atoms with Gasteiger partial charge in [0.1, 0.15) is 0 Å². The Hall–Kier alpha value is -1.10. The molecule has 0 fully saturated rings. The highest BCUT2D eigenvalue weighted by atomic mass is 16.3. The lowest BCUT2D eigenvalue weighted by Gasteiger charge is -2.15. The number of aliphatic hydroxyl groups is 1. The van der Waals surface area contributed by atoms with Gasteiger partial charge >= 0.3 is 0 Å². The van der Waals surface area contributed by atoms with E-state index < -0.39 is 6.10 Å². The highest BCUT2D eigenvalue weighted by Crippen LogP contribution is 1.88. The average molecular weight is 174 g/mol. The third kappa shape index (κ3) is 4.68. The van der Waals surface area contributed by atoms with Gasteiger partial charge in [-0.3, -0.25) is 9.59 Å². The van der Waals surface area contributed by atoms with Gasteiger partial charge < -0.3 is 15.7 Å². The highest BCUT2D eigenvalue weighted by molar-refractivity contribution is 5.80. The van der Waals surface area contributed by atoms with Crippen molar-refractivity contribution in [3.8, 4) is 0 Å². The first-order valence-electron chi connectivity index (χ1n) is 3.72. The first kappa shape index (κ1) is 10.9. The average Bonchev–Trinajstić information content (AvgIpc) is 2.00. The summed E-state index contributed by atoms with van der Waals surface area (Å²) < 4.78 is 0. The molecule has 0 aromatic rings. The van der Waals surface area contributed by atoms with Gasteiger partial charge in [0, 0.05) is 0 Å². The van der Waals surface area contributed by atoms with Crippen molar-refractivity contribution in [1.29, 1.82) is 0 Å². The monoisotopic (exact) mass is 174 g/mol. The van der Waals surface area contributed by atoms with Crippen molar-refractivity contribution in [2.45, 2.75) is 26.0 Å². The molecule has 5 nitrogen and oxygen atoms in total. The molecule has 2 unspecified atom stereocenters. The fraction of sp³-hybridized carbons (Fsp3) is 0.714. The normalized spacial score (nSPS) is 14.6. The van der Waals surface area contributed by atoms with Crippen molar-refractivity contribution < 1.29 is 14.7 Å². The fourth-order valence-corrected chi connectivity index (χ4v) is 0.560. The van der Waals surface area contributed by atoms with Crippen molar-refractivity contribution >= 4 is 12.3 Å². The Bertz CT molecular complexity index is 159. The lowest BCUT2D eigenvalue weighted by atomic mass is 10.2. The van der Waals surface area contributed by atoms with Crippen LogP contribution in [0.25, 0.3) is 0 Å². The lowest BCUT2D eigenvalue weighted by molar-refractivity contribution is -0.123. The fourth-order valence-electron chi connectivity index (χ4n) is 0.560. The van der Waals surface area contributed by atoms with Crippen molar-refractivity contribution in [2.24, 2.45) is 0 Å². The number of nitrogens with one attached hydrogen (secondary N) is 2. The molecule has 0 saturated carbocycles. The van der Waals surface area contributed by atoms with Gasteiger partial charge in [-0.05, 0) is 13.8 Å². The maximum Gasteiger partial charge on any atom is 0.239 e. The van der Waals surface area contributed by atoms with E-state index in [1.54, 1.807) is 13.8 Å². The van der Waals surface area contributed by atoms with Crippen LogP contribution in [0.15, 0.2) is 0 Å². The van der Waals surface area contributed by atoms with Crippen molar-refractivity contribution in [1.82, 2.24) is 10.6 Å². The summed E-state index contributed by atoms with van der Waals surface area (Å²) in [6.07, 6.45) is -0.141. The van der Waals surface area contributed by atoms with Crippen LogP contribution >= 0.6 is 0 Å². The minimum absolute atomic E-state index is 0.0550. The quantitative estimate of drug-likeness (QED) is 0.449. The van der Waals surface area contributed by atoms with E-state index in [-0.39, 0.29) is 18.5 Å². The number of hydrogen-bond acceptors (Lipinski definition) is 3. The second-order valence-electron chi connectivity index (χ2n) is 2.60. The van der Waals surface area contributed by atoms with Crippen LogP contribution in [0.3, 0.4) is 0 Å². The Kier molecular flexibility index (Phi) is 5.03. The summed E-state index contributed by atoms with van der Waals surface area (Å²) in [5.41, 5.74) is 0. The van der Waals surface area contributed by atoms with Gasteiger partial charge in [0.25, 0.3) is 0 Å². The summed E-state index contributed by atoms with van der Waals surface area (Å²) in [6.45, 7) is 3.21. The first-order valence-corrected chi connectivity index (χ1v) is 3.72. The molecule has 2 atom stereocenters.